The van der Waals surface area contributed by atoms with Crippen molar-refractivity contribution in [3.63, 3.8) is 0 Å². The molecule has 4 rings (SSSR count). The Balaban J connectivity index is 1.50. The SMILES string of the molecule is O=C1COc2cc(S(=O)(=O)N3CCCC(C(=O)NC4CCCCC4)C3)c(Cl)cc2N1. The van der Waals surface area contributed by atoms with Crippen LogP contribution >= 0.6 is 11.6 Å². The number of ether oxygens (including phenoxy) is 1. The Labute approximate surface area is 181 Å². The van der Waals surface area contributed by atoms with Gasteiger partial charge in [0.25, 0.3) is 5.91 Å². The molecule has 2 fully saturated rings. The maximum absolute atomic E-state index is 13.3. The van der Waals surface area contributed by atoms with Gasteiger partial charge in [-0.25, -0.2) is 8.42 Å². The highest BCUT2D eigenvalue weighted by Crippen LogP contribution is 2.37. The van der Waals surface area contributed by atoms with Gasteiger partial charge in [-0.05, 0) is 31.7 Å². The first-order chi connectivity index (χ1) is 14.3. The highest BCUT2D eigenvalue weighted by molar-refractivity contribution is 7.89. The van der Waals surface area contributed by atoms with Gasteiger partial charge in [-0.2, -0.15) is 4.31 Å². The molecule has 1 saturated carbocycles. The van der Waals surface area contributed by atoms with Crippen LogP contribution in [-0.2, 0) is 19.6 Å². The van der Waals surface area contributed by atoms with Crippen LogP contribution in [0.1, 0.15) is 44.9 Å². The minimum Gasteiger partial charge on any atom is -0.482 e. The number of fused-ring (bicyclic) bond motifs is 1. The monoisotopic (exact) mass is 455 g/mol. The van der Waals surface area contributed by atoms with Gasteiger partial charge in [0.2, 0.25) is 15.9 Å². The zero-order chi connectivity index (χ0) is 21.3. The number of nitrogens with zero attached hydrogens (tertiary/aromatic N) is 1. The topological polar surface area (TPSA) is 105 Å². The van der Waals surface area contributed by atoms with E-state index in [1.807, 2.05) is 0 Å². The van der Waals surface area contributed by atoms with Crippen molar-refractivity contribution in [1.29, 1.82) is 0 Å². The van der Waals surface area contributed by atoms with Crippen molar-refractivity contribution in [2.24, 2.45) is 5.92 Å². The average Bonchev–Trinajstić information content (AvgIpc) is 2.74. The molecule has 1 aromatic carbocycles. The first kappa shape index (κ1) is 21.4. The summed E-state index contributed by atoms with van der Waals surface area (Å²) in [5.41, 5.74) is 0.346. The number of rotatable bonds is 4. The van der Waals surface area contributed by atoms with Crippen LogP contribution in [0.5, 0.6) is 5.75 Å². The molecule has 1 unspecified atom stereocenters. The number of nitrogens with one attached hydrogen (secondary N) is 2. The molecule has 2 amide bonds. The van der Waals surface area contributed by atoms with Gasteiger partial charge in [-0.1, -0.05) is 30.9 Å². The van der Waals surface area contributed by atoms with Crippen LogP contribution in [0.3, 0.4) is 0 Å². The number of hydrogen-bond acceptors (Lipinski definition) is 5. The Kier molecular flexibility index (Phi) is 6.22. The molecule has 30 heavy (non-hydrogen) atoms. The third-order valence-corrected chi connectivity index (χ3v) is 8.32. The van der Waals surface area contributed by atoms with E-state index in [0.29, 0.717) is 25.1 Å². The number of sulfonamides is 1. The molecule has 0 spiro atoms. The molecule has 0 radical (unpaired) electrons. The van der Waals surface area contributed by atoms with Crippen molar-refractivity contribution in [3.05, 3.63) is 17.2 Å². The Morgan fingerprint density at radius 3 is 2.70 bits per heavy atom. The lowest BCUT2D eigenvalue weighted by molar-refractivity contribution is -0.127. The first-order valence-electron chi connectivity index (χ1n) is 10.4. The predicted molar refractivity (Wildman–Crippen MR) is 112 cm³/mol. The van der Waals surface area contributed by atoms with Crippen molar-refractivity contribution in [3.8, 4) is 5.75 Å². The molecule has 0 bridgehead atoms. The number of benzene rings is 1. The Morgan fingerprint density at radius 1 is 1.17 bits per heavy atom. The molecule has 8 nitrogen and oxygen atoms in total. The lowest BCUT2D eigenvalue weighted by atomic mass is 9.93. The van der Waals surface area contributed by atoms with Crippen LogP contribution < -0.4 is 15.4 Å². The van der Waals surface area contributed by atoms with Gasteiger partial charge in [0.15, 0.2) is 6.61 Å². The summed E-state index contributed by atoms with van der Waals surface area (Å²) in [6, 6.07) is 2.93. The molecule has 1 atom stereocenters. The van der Waals surface area contributed by atoms with Crippen LogP contribution in [-0.4, -0.2) is 50.3 Å². The molecule has 164 valence electrons. The van der Waals surface area contributed by atoms with Gasteiger partial charge in [0, 0.05) is 25.2 Å². The van der Waals surface area contributed by atoms with Crippen molar-refractivity contribution in [1.82, 2.24) is 9.62 Å². The van der Waals surface area contributed by atoms with Crippen LogP contribution in [0.25, 0.3) is 0 Å². The predicted octanol–water partition coefficient (Wildman–Crippen LogP) is 2.52. The maximum Gasteiger partial charge on any atom is 0.262 e. The van der Waals surface area contributed by atoms with Crippen molar-refractivity contribution in [2.45, 2.75) is 55.9 Å². The summed E-state index contributed by atoms with van der Waals surface area (Å²) >= 11 is 6.25. The molecule has 10 heteroatoms. The number of halogens is 1. The van der Waals surface area contributed by atoms with E-state index in [9.17, 15) is 18.0 Å². The molecule has 1 aliphatic carbocycles. The summed E-state index contributed by atoms with van der Waals surface area (Å²) in [4.78, 5) is 24.1. The highest BCUT2D eigenvalue weighted by atomic mass is 35.5. The van der Waals surface area contributed by atoms with Gasteiger partial charge in [0.1, 0.15) is 10.6 Å². The Morgan fingerprint density at radius 2 is 1.93 bits per heavy atom. The number of piperidine rings is 1. The number of amides is 2. The van der Waals surface area contributed by atoms with E-state index in [2.05, 4.69) is 10.6 Å². The number of carbonyl (C=O) groups excluding carboxylic acids is 2. The fourth-order valence-electron chi connectivity index (χ4n) is 4.36. The summed E-state index contributed by atoms with van der Waals surface area (Å²) in [5, 5.41) is 5.73. The molecule has 3 aliphatic rings. The molecule has 2 heterocycles. The second-order valence-corrected chi connectivity index (χ2v) is 10.5. The molecule has 2 aliphatic heterocycles. The summed E-state index contributed by atoms with van der Waals surface area (Å²) in [5.74, 6) is -0.495. The summed E-state index contributed by atoms with van der Waals surface area (Å²) < 4.78 is 33.2. The zero-order valence-corrected chi connectivity index (χ0v) is 18.2. The summed E-state index contributed by atoms with van der Waals surface area (Å²) in [7, 11) is -3.91. The second-order valence-electron chi connectivity index (χ2n) is 8.16. The van der Waals surface area contributed by atoms with Crippen LogP contribution in [0.15, 0.2) is 17.0 Å². The van der Waals surface area contributed by atoms with Crippen molar-refractivity contribution in [2.75, 3.05) is 25.0 Å². The minimum atomic E-state index is -3.91. The molecule has 1 saturated heterocycles. The van der Waals surface area contributed by atoms with Gasteiger partial charge < -0.3 is 15.4 Å². The number of anilines is 1. The van der Waals surface area contributed by atoms with Crippen LogP contribution in [0.4, 0.5) is 5.69 Å². The quantitative estimate of drug-likeness (QED) is 0.725. The summed E-state index contributed by atoms with van der Waals surface area (Å²) in [6.07, 6.45) is 6.69. The average molecular weight is 456 g/mol. The standard InChI is InChI=1S/C20H26ClN3O5S/c21-15-9-16-17(29-12-19(25)23-16)10-18(15)30(27,28)24-8-4-5-13(11-24)20(26)22-14-6-2-1-3-7-14/h9-10,13-14H,1-8,11-12H2,(H,22,26)(H,23,25). The van der Waals surface area contributed by atoms with E-state index in [0.717, 1.165) is 25.7 Å². The third-order valence-electron chi connectivity index (χ3n) is 5.99. The molecule has 0 aromatic heterocycles. The fourth-order valence-corrected chi connectivity index (χ4v) is 6.40. The second kappa shape index (κ2) is 8.72. The van der Waals surface area contributed by atoms with Gasteiger partial charge >= 0.3 is 0 Å². The first-order valence-corrected chi connectivity index (χ1v) is 12.2. The van der Waals surface area contributed by atoms with E-state index < -0.39 is 10.0 Å². The van der Waals surface area contributed by atoms with E-state index in [-0.39, 0.29) is 52.6 Å². The number of hydrogen-bond donors (Lipinski definition) is 2. The van der Waals surface area contributed by atoms with Crippen LogP contribution in [0.2, 0.25) is 5.02 Å². The normalized spacial score (nSPS) is 23.2. The third kappa shape index (κ3) is 4.43. The fraction of sp³-hybridized carbons (Fsp3) is 0.600. The van der Waals surface area contributed by atoms with E-state index >= 15 is 0 Å². The lowest BCUT2D eigenvalue weighted by Crippen LogP contribution is -2.47. The van der Waals surface area contributed by atoms with E-state index in [1.54, 1.807) is 0 Å². The molecule has 1 aromatic rings. The molecular weight excluding hydrogens is 430 g/mol. The zero-order valence-electron chi connectivity index (χ0n) is 16.7. The van der Waals surface area contributed by atoms with E-state index in [4.69, 9.17) is 16.3 Å². The Hall–Kier alpha value is -1.84. The summed E-state index contributed by atoms with van der Waals surface area (Å²) in [6.45, 7) is 0.285. The minimum absolute atomic E-state index is 0.00771. The van der Waals surface area contributed by atoms with E-state index in [1.165, 1.54) is 22.9 Å². The van der Waals surface area contributed by atoms with Crippen LogP contribution in [0, 0.1) is 5.92 Å². The van der Waals surface area contributed by atoms with Gasteiger partial charge in [0.05, 0.1) is 16.6 Å². The Bertz CT molecular complexity index is 946. The number of carbonyl (C=O) groups is 2. The highest BCUT2D eigenvalue weighted by Gasteiger charge is 2.36. The molecular formula is C20H26ClN3O5S. The smallest absolute Gasteiger partial charge is 0.262 e. The van der Waals surface area contributed by atoms with Crippen molar-refractivity contribution >= 4 is 39.1 Å². The van der Waals surface area contributed by atoms with Gasteiger partial charge in [-0.3, -0.25) is 9.59 Å². The maximum atomic E-state index is 13.3. The lowest BCUT2D eigenvalue weighted by Gasteiger charge is -2.33. The van der Waals surface area contributed by atoms with Gasteiger partial charge in [-0.15, -0.1) is 0 Å². The largest absolute Gasteiger partial charge is 0.482 e. The molecule has 2 N–H and O–H groups in total. The van der Waals surface area contributed by atoms with Crippen molar-refractivity contribution < 1.29 is 22.7 Å².